The van der Waals surface area contributed by atoms with Gasteiger partial charge < -0.3 is 9.47 Å². The molecule has 0 unspecified atom stereocenters. The molecule has 23 heavy (non-hydrogen) atoms. The number of pyridine rings is 1. The number of nitrogens with zero attached hydrogens (tertiary/aromatic N) is 2. The largest absolute Gasteiger partial charge is 0.466 e. The van der Waals surface area contributed by atoms with Gasteiger partial charge in [-0.05, 0) is 52.2 Å². The second-order valence-corrected chi connectivity index (χ2v) is 6.50. The van der Waals surface area contributed by atoms with Crippen molar-refractivity contribution >= 4 is 17.9 Å². The van der Waals surface area contributed by atoms with E-state index in [4.69, 9.17) is 9.47 Å². The minimum absolute atomic E-state index is 0.100. The van der Waals surface area contributed by atoms with E-state index >= 15 is 0 Å². The van der Waals surface area contributed by atoms with Crippen molar-refractivity contribution in [2.24, 2.45) is 0 Å². The number of anilines is 1. The van der Waals surface area contributed by atoms with E-state index in [1.54, 1.807) is 11.8 Å². The number of hydrogen-bond acceptors (Lipinski definition) is 5. The number of carbonyl (C=O) groups excluding carboxylic acids is 2. The Hall–Kier alpha value is -2.11. The number of carbonyl (C=O) groups is 2. The van der Waals surface area contributed by atoms with Crippen molar-refractivity contribution < 1.29 is 19.1 Å². The van der Waals surface area contributed by atoms with Crippen LogP contribution in [0.1, 0.15) is 45.4 Å². The Bertz CT molecular complexity index is 593. The highest BCUT2D eigenvalue weighted by atomic mass is 16.6. The molecule has 2 heterocycles. The average Bonchev–Trinajstić information content (AvgIpc) is 2.45. The fourth-order valence-electron chi connectivity index (χ4n) is 2.43. The maximum atomic E-state index is 12.4. The first-order chi connectivity index (χ1) is 10.8. The quantitative estimate of drug-likeness (QED) is 0.801. The van der Waals surface area contributed by atoms with E-state index in [2.05, 4.69) is 4.98 Å². The minimum Gasteiger partial charge on any atom is -0.466 e. The monoisotopic (exact) mass is 320 g/mol. The number of aryl methyl sites for hydroxylation is 1. The molecular formula is C17H24N2O4. The third kappa shape index (κ3) is 4.68. The molecule has 0 radical (unpaired) electrons. The topological polar surface area (TPSA) is 68.7 Å². The van der Waals surface area contributed by atoms with Crippen molar-refractivity contribution in [1.82, 2.24) is 4.98 Å². The van der Waals surface area contributed by atoms with Gasteiger partial charge in [0.1, 0.15) is 11.4 Å². The summed E-state index contributed by atoms with van der Waals surface area (Å²) in [4.78, 5) is 30.0. The van der Waals surface area contributed by atoms with Crippen LogP contribution >= 0.6 is 0 Å². The van der Waals surface area contributed by atoms with Crippen molar-refractivity contribution in [3.63, 3.8) is 0 Å². The molecule has 0 spiro atoms. The van der Waals surface area contributed by atoms with E-state index in [1.807, 2.05) is 32.9 Å². The first kappa shape index (κ1) is 17.2. The van der Waals surface area contributed by atoms with Gasteiger partial charge in [-0.3, -0.25) is 9.69 Å². The molecule has 6 heteroatoms. The summed E-state index contributed by atoms with van der Waals surface area (Å²) in [6.07, 6.45) is 1.43. The summed E-state index contributed by atoms with van der Waals surface area (Å²) in [5.74, 6) is 0.270. The van der Waals surface area contributed by atoms with E-state index in [0.29, 0.717) is 24.7 Å². The first-order valence-corrected chi connectivity index (χ1v) is 7.95. The van der Waals surface area contributed by atoms with Crippen LogP contribution in [0, 0.1) is 0 Å². The number of amides is 1. The molecule has 1 aliphatic rings. The normalized spacial score (nSPS) is 14.2. The van der Waals surface area contributed by atoms with Crippen molar-refractivity contribution in [3.05, 3.63) is 23.4 Å². The predicted molar refractivity (Wildman–Crippen MR) is 86.5 cm³/mol. The smallest absolute Gasteiger partial charge is 0.416 e. The zero-order valence-electron chi connectivity index (χ0n) is 14.2. The number of fused-ring (bicyclic) bond motifs is 1. The van der Waals surface area contributed by atoms with E-state index < -0.39 is 11.7 Å². The Labute approximate surface area is 136 Å². The molecule has 0 saturated carbocycles. The third-order valence-electron chi connectivity index (χ3n) is 3.34. The van der Waals surface area contributed by atoms with Crippen molar-refractivity contribution in [2.45, 2.75) is 52.6 Å². The molecular weight excluding hydrogens is 296 g/mol. The lowest BCUT2D eigenvalue weighted by atomic mass is 10.1. The van der Waals surface area contributed by atoms with Crippen LogP contribution in [0.5, 0.6) is 0 Å². The molecule has 2 rings (SSSR count). The molecule has 0 aliphatic carbocycles. The number of ether oxygens (including phenoxy) is 2. The van der Waals surface area contributed by atoms with Crippen molar-refractivity contribution in [3.8, 4) is 0 Å². The van der Waals surface area contributed by atoms with Gasteiger partial charge in [0.05, 0.1) is 18.7 Å². The predicted octanol–water partition coefficient (Wildman–Crippen LogP) is 2.87. The zero-order chi connectivity index (χ0) is 17.0. The summed E-state index contributed by atoms with van der Waals surface area (Å²) < 4.78 is 10.4. The van der Waals surface area contributed by atoms with Gasteiger partial charge in [-0.1, -0.05) is 6.07 Å². The number of esters is 1. The molecule has 126 valence electrons. The lowest BCUT2D eigenvalue weighted by Crippen LogP contribution is -2.40. The Kier molecular flexibility index (Phi) is 5.23. The molecule has 0 fully saturated rings. The summed E-state index contributed by atoms with van der Waals surface area (Å²) in [6, 6.07) is 3.74. The van der Waals surface area contributed by atoms with Gasteiger partial charge in [-0.25, -0.2) is 9.78 Å². The number of hydrogen-bond donors (Lipinski definition) is 0. The molecule has 0 N–H and O–H groups in total. The van der Waals surface area contributed by atoms with Gasteiger partial charge >= 0.3 is 12.1 Å². The fourth-order valence-corrected chi connectivity index (χ4v) is 2.43. The van der Waals surface area contributed by atoms with Gasteiger partial charge in [0.25, 0.3) is 0 Å². The van der Waals surface area contributed by atoms with Crippen LogP contribution in [0.15, 0.2) is 12.1 Å². The van der Waals surface area contributed by atoms with E-state index in [9.17, 15) is 9.59 Å². The molecule has 0 atom stereocenters. The number of rotatable bonds is 3. The van der Waals surface area contributed by atoms with Crippen LogP contribution in [0.4, 0.5) is 10.6 Å². The van der Waals surface area contributed by atoms with Crippen LogP contribution in [0.2, 0.25) is 0 Å². The summed E-state index contributed by atoms with van der Waals surface area (Å²) in [5.41, 5.74) is 1.03. The maximum Gasteiger partial charge on any atom is 0.416 e. The van der Waals surface area contributed by atoms with Crippen LogP contribution in [-0.2, 0) is 27.1 Å². The number of aromatic nitrogens is 1. The van der Waals surface area contributed by atoms with E-state index in [0.717, 1.165) is 18.4 Å². The lowest BCUT2D eigenvalue weighted by molar-refractivity contribution is -0.142. The van der Waals surface area contributed by atoms with Crippen LogP contribution in [0.25, 0.3) is 0 Å². The van der Waals surface area contributed by atoms with E-state index in [-0.39, 0.29) is 12.4 Å². The van der Waals surface area contributed by atoms with Gasteiger partial charge in [-0.15, -0.1) is 0 Å². The van der Waals surface area contributed by atoms with Crippen LogP contribution in [-0.4, -0.2) is 35.8 Å². The standard InChI is InChI=1S/C17H24N2O4/c1-5-22-14(20)11-13-9-8-12-7-6-10-19(15(12)18-13)16(21)23-17(2,3)4/h8-9H,5-7,10-11H2,1-4H3. The lowest BCUT2D eigenvalue weighted by Gasteiger charge is -2.31. The second-order valence-electron chi connectivity index (χ2n) is 6.50. The molecule has 0 aromatic carbocycles. The van der Waals surface area contributed by atoms with Crippen molar-refractivity contribution in [2.75, 3.05) is 18.1 Å². The SMILES string of the molecule is CCOC(=O)Cc1ccc2c(n1)N(C(=O)OC(C)(C)C)CCC2. The Balaban J connectivity index is 2.22. The highest BCUT2D eigenvalue weighted by Gasteiger charge is 2.28. The van der Waals surface area contributed by atoms with Crippen LogP contribution in [0.3, 0.4) is 0 Å². The highest BCUT2D eigenvalue weighted by Crippen LogP contribution is 2.27. The molecule has 0 saturated heterocycles. The molecule has 1 aromatic rings. The Morgan fingerprint density at radius 1 is 1.30 bits per heavy atom. The summed E-state index contributed by atoms with van der Waals surface area (Å²) >= 11 is 0. The minimum atomic E-state index is -0.558. The van der Waals surface area contributed by atoms with Gasteiger partial charge in [0.15, 0.2) is 0 Å². The highest BCUT2D eigenvalue weighted by molar-refractivity contribution is 5.88. The second kappa shape index (κ2) is 6.98. The van der Waals surface area contributed by atoms with Gasteiger partial charge in [0.2, 0.25) is 0 Å². The molecule has 1 aromatic heterocycles. The maximum absolute atomic E-state index is 12.4. The van der Waals surface area contributed by atoms with E-state index in [1.165, 1.54) is 0 Å². The van der Waals surface area contributed by atoms with Gasteiger partial charge in [0, 0.05) is 6.54 Å². The summed E-state index contributed by atoms with van der Waals surface area (Å²) in [5, 5.41) is 0. The van der Waals surface area contributed by atoms with Crippen LogP contribution < -0.4 is 4.90 Å². The Morgan fingerprint density at radius 3 is 2.70 bits per heavy atom. The molecule has 1 amide bonds. The Morgan fingerprint density at radius 2 is 2.04 bits per heavy atom. The van der Waals surface area contributed by atoms with Gasteiger partial charge in [-0.2, -0.15) is 0 Å². The molecule has 0 bridgehead atoms. The molecule has 1 aliphatic heterocycles. The summed E-state index contributed by atoms with van der Waals surface area (Å²) in [7, 11) is 0. The molecule has 6 nitrogen and oxygen atoms in total. The first-order valence-electron chi connectivity index (χ1n) is 7.95. The fraction of sp³-hybridized carbons (Fsp3) is 0.588. The zero-order valence-corrected chi connectivity index (χ0v) is 14.2. The summed E-state index contributed by atoms with van der Waals surface area (Å²) in [6.45, 7) is 8.18. The average molecular weight is 320 g/mol. The third-order valence-corrected chi connectivity index (χ3v) is 3.34. The van der Waals surface area contributed by atoms with Crippen molar-refractivity contribution in [1.29, 1.82) is 0 Å².